The molecule has 0 fully saturated rings. The molecule has 14 heavy (non-hydrogen) atoms. The summed E-state index contributed by atoms with van der Waals surface area (Å²) < 4.78 is 13.6. The van der Waals surface area contributed by atoms with Crippen molar-refractivity contribution < 1.29 is 4.39 Å². The van der Waals surface area contributed by atoms with E-state index in [0.717, 1.165) is 11.1 Å². The van der Waals surface area contributed by atoms with Crippen molar-refractivity contribution in [1.82, 2.24) is 0 Å². The van der Waals surface area contributed by atoms with Gasteiger partial charge in [0, 0.05) is 25.2 Å². The molecular formula is C12H12FN. The Morgan fingerprint density at radius 2 is 1.64 bits per heavy atom. The zero-order chi connectivity index (χ0) is 10.1. The molecule has 0 radical (unpaired) electrons. The number of fused-ring (bicyclic) bond motifs is 1. The minimum atomic E-state index is -0.160. The fourth-order valence-corrected chi connectivity index (χ4v) is 1.65. The zero-order valence-electron chi connectivity index (χ0n) is 8.29. The summed E-state index contributed by atoms with van der Waals surface area (Å²) in [6, 6.07) is 10.9. The van der Waals surface area contributed by atoms with E-state index in [9.17, 15) is 4.39 Å². The SMILES string of the molecule is CN(C)c1cccc2cccc(F)c12. The van der Waals surface area contributed by atoms with Crippen LogP contribution < -0.4 is 4.90 Å². The Balaban J connectivity index is 2.84. The van der Waals surface area contributed by atoms with E-state index in [2.05, 4.69) is 0 Å². The highest BCUT2D eigenvalue weighted by molar-refractivity contribution is 5.94. The van der Waals surface area contributed by atoms with Crippen molar-refractivity contribution in [1.29, 1.82) is 0 Å². The molecule has 0 saturated carbocycles. The van der Waals surface area contributed by atoms with E-state index in [1.165, 1.54) is 6.07 Å². The summed E-state index contributed by atoms with van der Waals surface area (Å²) in [5, 5.41) is 1.64. The summed E-state index contributed by atoms with van der Waals surface area (Å²) in [5.41, 5.74) is 0.917. The summed E-state index contributed by atoms with van der Waals surface area (Å²) in [6.45, 7) is 0. The van der Waals surface area contributed by atoms with Crippen molar-refractivity contribution in [2.75, 3.05) is 19.0 Å². The Morgan fingerprint density at radius 3 is 2.29 bits per heavy atom. The van der Waals surface area contributed by atoms with Gasteiger partial charge in [0.2, 0.25) is 0 Å². The molecule has 2 aromatic rings. The lowest BCUT2D eigenvalue weighted by atomic mass is 10.1. The third-order valence-electron chi connectivity index (χ3n) is 2.31. The van der Waals surface area contributed by atoms with Crippen LogP contribution in [0.3, 0.4) is 0 Å². The van der Waals surface area contributed by atoms with Gasteiger partial charge in [-0.25, -0.2) is 4.39 Å². The van der Waals surface area contributed by atoms with Crippen LogP contribution in [0.25, 0.3) is 10.8 Å². The minimum absolute atomic E-state index is 0.160. The summed E-state index contributed by atoms with van der Waals surface area (Å²) >= 11 is 0. The van der Waals surface area contributed by atoms with Crippen molar-refractivity contribution in [2.45, 2.75) is 0 Å². The van der Waals surface area contributed by atoms with Gasteiger partial charge in [0.05, 0.1) is 0 Å². The van der Waals surface area contributed by atoms with Gasteiger partial charge in [-0.1, -0.05) is 24.3 Å². The normalized spacial score (nSPS) is 10.5. The fourth-order valence-electron chi connectivity index (χ4n) is 1.65. The van der Waals surface area contributed by atoms with E-state index >= 15 is 0 Å². The number of benzene rings is 2. The average Bonchev–Trinajstić information content (AvgIpc) is 2.17. The average molecular weight is 189 g/mol. The van der Waals surface area contributed by atoms with E-state index in [0.29, 0.717) is 5.39 Å². The van der Waals surface area contributed by atoms with Crippen molar-refractivity contribution in [3.63, 3.8) is 0 Å². The van der Waals surface area contributed by atoms with Crippen LogP contribution in [0.2, 0.25) is 0 Å². The molecule has 0 amide bonds. The van der Waals surface area contributed by atoms with Gasteiger partial charge in [-0.05, 0) is 17.5 Å². The number of nitrogens with zero attached hydrogens (tertiary/aromatic N) is 1. The Hall–Kier alpha value is -1.57. The molecule has 0 saturated heterocycles. The molecule has 2 aromatic carbocycles. The predicted octanol–water partition coefficient (Wildman–Crippen LogP) is 3.04. The summed E-state index contributed by atoms with van der Waals surface area (Å²) in [7, 11) is 3.84. The van der Waals surface area contributed by atoms with Crippen LogP contribution in [-0.4, -0.2) is 14.1 Å². The van der Waals surface area contributed by atoms with Gasteiger partial charge < -0.3 is 4.90 Å². The molecule has 0 unspecified atom stereocenters. The first-order valence-corrected chi connectivity index (χ1v) is 4.55. The number of hydrogen-bond donors (Lipinski definition) is 0. The standard InChI is InChI=1S/C12H12FN/c1-14(2)11-8-4-6-9-5-3-7-10(13)12(9)11/h3-8H,1-2H3. The van der Waals surface area contributed by atoms with Crippen LogP contribution >= 0.6 is 0 Å². The van der Waals surface area contributed by atoms with Gasteiger partial charge in [-0.15, -0.1) is 0 Å². The van der Waals surface area contributed by atoms with Crippen molar-refractivity contribution >= 4 is 16.5 Å². The molecule has 0 aliphatic carbocycles. The highest BCUT2D eigenvalue weighted by Gasteiger charge is 2.06. The van der Waals surface area contributed by atoms with Gasteiger partial charge in [-0.3, -0.25) is 0 Å². The topological polar surface area (TPSA) is 3.24 Å². The van der Waals surface area contributed by atoms with Gasteiger partial charge in [0.25, 0.3) is 0 Å². The van der Waals surface area contributed by atoms with Crippen molar-refractivity contribution in [3.05, 3.63) is 42.2 Å². The first-order valence-electron chi connectivity index (χ1n) is 4.55. The second kappa shape index (κ2) is 3.29. The van der Waals surface area contributed by atoms with Gasteiger partial charge >= 0.3 is 0 Å². The quantitative estimate of drug-likeness (QED) is 0.666. The number of anilines is 1. The Morgan fingerprint density at radius 1 is 1.00 bits per heavy atom. The molecule has 0 aromatic heterocycles. The lowest BCUT2D eigenvalue weighted by molar-refractivity contribution is 0.640. The molecular weight excluding hydrogens is 177 g/mol. The second-order valence-corrected chi connectivity index (χ2v) is 3.51. The molecule has 2 heteroatoms. The largest absolute Gasteiger partial charge is 0.377 e. The van der Waals surface area contributed by atoms with Crippen LogP contribution in [0.5, 0.6) is 0 Å². The van der Waals surface area contributed by atoms with Crippen LogP contribution in [0.4, 0.5) is 10.1 Å². The third-order valence-corrected chi connectivity index (χ3v) is 2.31. The first kappa shape index (κ1) is 9.00. The maximum atomic E-state index is 13.6. The molecule has 72 valence electrons. The summed E-state index contributed by atoms with van der Waals surface area (Å²) in [4.78, 5) is 1.92. The van der Waals surface area contributed by atoms with E-state index in [1.807, 2.05) is 43.3 Å². The zero-order valence-corrected chi connectivity index (χ0v) is 8.29. The molecule has 0 aliphatic rings. The minimum Gasteiger partial charge on any atom is -0.377 e. The maximum Gasteiger partial charge on any atom is 0.133 e. The van der Waals surface area contributed by atoms with Gasteiger partial charge in [-0.2, -0.15) is 0 Å². The Labute approximate surface area is 82.8 Å². The van der Waals surface area contributed by atoms with E-state index in [4.69, 9.17) is 0 Å². The maximum absolute atomic E-state index is 13.6. The van der Waals surface area contributed by atoms with Gasteiger partial charge in [0.1, 0.15) is 5.82 Å². The summed E-state index contributed by atoms with van der Waals surface area (Å²) in [5.74, 6) is -0.160. The smallest absolute Gasteiger partial charge is 0.133 e. The molecule has 0 spiro atoms. The molecule has 2 rings (SSSR count). The molecule has 1 nitrogen and oxygen atoms in total. The second-order valence-electron chi connectivity index (χ2n) is 3.51. The van der Waals surface area contributed by atoms with Crippen LogP contribution in [0.1, 0.15) is 0 Å². The Bertz CT molecular complexity index is 458. The third kappa shape index (κ3) is 1.33. The molecule has 0 atom stereocenters. The highest BCUT2D eigenvalue weighted by Crippen LogP contribution is 2.27. The van der Waals surface area contributed by atoms with E-state index in [1.54, 1.807) is 6.07 Å². The molecule has 0 heterocycles. The number of hydrogen-bond acceptors (Lipinski definition) is 1. The van der Waals surface area contributed by atoms with E-state index < -0.39 is 0 Å². The highest BCUT2D eigenvalue weighted by atomic mass is 19.1. The molecule has 0 N–H and O–H groups in total. The molecule has 0 aliphatic heterocycles. The lowest BCUT2D eigenvalue weighted by Gasteiger charge is -2.15. The van der Waals surface area contributed by atoms with Crippen molar-refractivity contribution in [3.8, 4) is 0 Å². The fraction of sp³-hybridized carbons (Fsp3) is 0.167. The van der Waals surface area contributed by atoms with Crippen LogP contribution in [0.15, 0.2) is 36.4 Å². The molecule has 0 bridgehead atoms. The van der Waals surface area contributed by atoms with Crippen molar-refractivity contribution in [2.24, 2.45) is 0 Å². The Kier molecular flexibility index (Phi) is 2.12. The predicted molar refractivity (Wildman–Crippen MR) is 58.2 cm³/mol. The lowest BCUT2D eigenvalue weighted by Crippen LogP contribution is -2.09. The first-order chi connectivity index (χ1) is 6.70. The van der Waals surface area contributed by atoms with Gasteiger partial charge in [0.15, 0.2) is 0 Å². The summed E-state index contributed by atoms with van der Waals surface area (Å²) in [6.07, 6.45) is 0. The van der Waals surface area contributed by atoms with Crippen LogP contribution in [0, 0.1) is 5.82 Å². The number of halogens is 1. The van der Waals surface area contributed by atoms with Crippen LogP contribution in [-0.2, 0) is 0 Å². The number of rotatable bonds is 1. The van der Waals surface area contributed by atoms with E-state index in [-0.39, 0.29) is 5.82 Å². The monoisotopic (exact) mass is 189 g/mol.